The molecule has 0 aliphatic carbocycles. The van der Waals surface area contributed by atoms with E-state index in [1.54, 1.807) is 0 Å². The highest BCUT2D eigenvalue weighted by Gasteiger charge is 2.31. The van der Waals surface area contributed by atoms with Gasteiger partial charge >= 0.3 is 11.9 Å². The lowest BCUT2D eigenvalue weighted by Crippen LogP contribution is -2.48. The summed E-state index contributed by atoms with van der Waals surface area (Å²) in [6.07, 6.45) is 1.17. The molecule has 8 heteroatoms. The minimum atomic E-state index is -1.16. The average molecular weight is 259 g/mol. The van der Waals surface area contributed by atoms with Crippen LogP contribution in [0, 0.1) is 0 Å². The van der Waals surface area contributed by atoms with Gasteiger partial charge in [0.05, 0.1) is 0 Å². The second-order valence-electron chi connectivity index (χ2n) is 4.21. The van der Waals surface area contributed by atoms with Gasteiger partial charge in [-0.05, 0) is 19.3 Å². The van der Waals surface area contributed by atoms with Crippen LogP contribution in [-0.2, 0) is 14.4 Å². The highest BCUT2D eigenvalue weighted by atomic mass is 16.4. The molecular weight excluding hydrogens is 242 g/mol. The largest absolute Gasteiger partial charge is 0.480 e. The summed E-state index contributed by atoms with van der Waals surface area (Å²) in [5.41, 5.74) is 7.73. The average Bonchev–Trinajstić information content (AvgIpc) is 2.73. The molecule has 1 rings (SSSR count). The van der Waals surface area contributed by atoms with Gasteiger partial charge in [0, 0.05) is 13.0 Å². The molecule has 0 aromatic carbocycles. The normalized spacial score (nSPS) is 21.5. The third kappa shape index (κ3) is 3.97. The summed E-state index contributed by atoms with van der Waals surface area (Å²) >= 11 is 0. The van der Waals surface area contributed by atoms with Crippen LogP contribution < -0.4 is 11.2 Å². The van der Waals surface area contributed by atoms with Crippen molar-refractivity contribution in [1.82, 2.24) is 10.4 Å². The van der Waals surface area contributed by atoms with Crippen molar-refractivity contribution in [1.29, 1.82) is 0 Å². The summed E-state index contributed by atoms with van der Waals surface area (Å²) in [6, 6.07) is -1.79. The number of hydrazine groups is 1. The first-order chi connectivity index (χ1) is 8.41. The van der Waals surface area contributed by atoms with Crippen LogP contribution in [0.3, 0.4) is 0 Å². The van der Waals surface area contributed by atoms with Crippen molar-refractivity contribution in [3.05, 3.63) is 0 Å². The van der Waals surface area contributed by atoms with Crippen LogP contribution in [0.1, 0.15) is 25.7 Å². The number of hydrogen-bond donors (Lipinski definition) is 4. The number of carboxylic acid groups (broad SMARTS) is 2. The Morgan fingerprint density at radius 2 is 2.06 bits per heavy atom. The van der Waals surface area contributed by atoms with Crippen LogP contribution in [-0.4, -0.2) is 51.7 Å². The van der Waals surface area contributed by atoms with E-state index >= 15 is 0 Å². The van der Waals surface area contributed by atoms with E-state index in [4.69, 9.17) is 15.9 Å². The van der Waals surface area contributed by atoms with E-state index in [1.807, 2.05) is 0 Å². The molecule has 1 aliphatic rings. The number of carbonyl (C=O) groups is 3. The Labute approximate surface area is 104 Å². The molecular formula is C10H17N3O5. The lowest BCUT2D eigenvalue weighted by atomic mass is 10.1. The van der Waals surface area contributed by atoms with E-state index in [9.17, 15) is 14.4 Å². The minimum Gasteiger partial charge on any atom is -0.480 e. The molecule has 1 heterocycles. The van der Waals surface area contributed by atoms with E-state index in [0.717, 1.165) is 0 Å². The Kier molecular flexibility index (Phi) is 5.05. The predicted octanol–water partition coefficient (Wildman–Crippen LogP) is -1.24. The van der Waals surface area contributed by atoms with Crippen molar-refractivity contribution in [2.45, 2.75) is 37.8 Å². The summed E-state index contributed by atoms with van der Waals surface area (Å²) in [6.45, 7) is 0.480. The maximum Gasteiger partial charge on any atom is 0.322 e. The summed E-state index contributed by atoms with van der Waals surface area (Å²) in [5.74, 6) is -2.55. The molecule has 0 saturated carbocycles. The van der Waals surface area contributed by atoms with E-state index in [0.29, 0.717) is 19.4 Å². The first kappa shape index (κ1) is 14.4. The number of carbonyl (C=O) groups excluding carboxylic acids is 1. The lowest BCUT2D eigenvalue weighted by Gasteiger charge is -2.21. The standard InChI is InChI=1S/C10H17N3O5/c11-6(9(15)16)3-4-8(14)12-13-5-1-2-7(13)10(17)18/h6-7H,1-5,11H2,(H,12,14)(H,15,16)(H,17,18)/t6-,7?/m0/s1. The van der Waals surface area contributed by atoms with Gasteiger partial charge in [0.2, 0.25) is 5.91 Å². The van der Waals surface area contributed by atoms with E-state index in [2.05, 4.69) is 5.43 Å². The molecule has 2 atom stereocenters. The summed E-state index contributed by atoms with van der Waals surface area (Å²) in [5, 5.41) is 18.8. The molecule has 5 N–H and O–H groups in total. The molecule has 1 aliphatic heterocycles. The SMILES string of the molecule is N[C@@H](CCC(=O)NN1CCCC1C(=O)O)C(=O)O. The first-order valence-corrected chi connectivity index (χ1v) is 5.69. The Bertz CT molecular complexity index is 346. The van der Waals surface area contributed by atoms with Crippen LogP contribution in [0.5, 0.6) is 0 Å². The van der Waals surface area contributed by atoms with Crippen LogP contribution in [0.15, 0.2) is 0 Å². The monoisotopic (exact) mass is 259 g/mol. The number of aliphatic carboxylic acids is 2. The number of hydrogen-bond acceptors (Lipinski definition) is 5. The van der Waals surface area contributed by atoms with Crippen molar-refractivity contribution >= 4 is 17.8 Å². The molecule has 0 aromatic heterocycles. The number of rotatable bonds is 6. The van der Waals surface area contributed by atoms with Gasteiger partial charge in [-0.2, -0.15) is 0 Å². The van der Waals surface area contributed by atoms with Crippen LogP contribution in [0.4, 0.5) is 0 Å². The topological polar surface area (TPSA) is 133 Å². The van der Waals surface area contributed by atoms with Crippen molar-refractivity contribution < 1.29 is 24.6 Å². The number of nitrogens with one attached hydrogen (secondary N) is 1. The van der Waals surface area contributed by atoms with Gasteiger partial charge in [-0.3, -0.25) is 19.8 Å². The maximum absolute atomic E-state index is 11.5. The van der Waals surface area contributed by atoms with Crippen LogP contribution in [0.25, 0.3) is 0 Å². The fourth-order valence-electron chi connectivity index (χ4n) is 1.78. The molecule has 0 radical (unpaired) electrons. The molecule has 1 amide bonds. The van der Waals surface area contributed by atoms with Crippen molar-refractivity contribution in [3.63, 3.8) is 0 Å². The van der Waals surface area contributed by atoms with Gasteiger partial charge in [0.1, 0.15) is 12.1 Å². The van der Waals surface area contributed by atoms with Gasteiger partial charge in [0.15, 0.2) is 0 Å². The zero-order chi connectivity index (χ0) is 13.7. The van der Waals surface area contributed by atoms with Crippen LogP contribution >= 0.6 is 0 Å². The second-order valence-corrected chi connectivity index (χ2v) is 4.21. The fourth-order valence-corrected chi connectivity index (χ4v) is 1.78. The number of amides is 1. The zero-order valence-corrected chi connectivity index (χ0v) is 9.83. The molecule has 0 aromatic rings. The molecule has 102 valence electrons. The van der Waals surface area contributed by atoms with Gasteiger partial charge in [0.25, 0.3) is 0 Å². The predicted molar refractivity (Wildman–Crippen MR) is 60.4 cm³/mol. The maximum atomic E-state index is 11.5. The number of nitrogens with two attached hydrogens (primary N) is 1. The van der Waals surface area contributed by atoms with Crippen LogP contribution in [0.2, 0.25) is 0 Å². The number of nitrogens with zero attached hydrogens (tertiary/aromatic N) is 1. The van der Waals surface area contributed by atoms with E-state index < -0.39 is 29.9 Å². The highest BCUT2D eigenvalue weighted by molar-refractivity contribution is 5.79. The molecule has 1 fully saturated rings. The Morgan fingerprint density at radius 3 is 2.61 bits per heavy atom. The smallest absolute Gasteiger partial charge is 0.322 e. The lowest BCUT2D eigenvalue weighted by molar-refractivity contribution is -0.144. The van der Waals surface area contributed by atoms with Gasteiger partial charge in [-0.1, -0.05) is 0 Å². The highest BCUT2D eigenvalue weighted by Crippen LogP contribution is 2.14. The Morgan fingerprint density at radius 1 is 1.39 bits per heavy atom. The first-order valence-electron chi connectivity index (χ1n) is 5.69. The minimum absolute atomic E-state index is 0.0206. The number of carboxylic acids is 2. The van der Waals surface area contributed by atoms with Gasteiger partial charge < -0.3 is 15.9 Å². The molecule has 18 heavy (non-hydrogen) atoms. The van der Waals surface area contributed by atoms with Gasteiger partial charge in [-0.25, -0.2) is 5.01 Å². The molecule has 1 unspecified atom stereocenters. The Balaban J connectivity index is 2.36. The van der Waals surface area contributed by atoms with Crippen molar-refractivity contribution in [2.75, 3.05) is 6.54 Å². The fraction of sp³-hybridized carbons (Fsp3) is 0.700. The quantitative estimate of drug-likeness (QED) is 0.468. The zero-order valence-electron chi connectivity index (χ0n) is 9.83. The summed E-state index contributed by atoms with van der Waals surface area (Å²) < 4.78 is 0. The third-order valence-electron chi connectivity index (χ3n) is 2.81. The Hall–Kier alpha value is -1.67. The third-order valence-corrected chi connectivity index (χ3v) is 2.81. The summed E-state index contributed by atoms with van der Waals surface area (Å²) in [7, 11) is 0. The van der Waals surface area contributed by atoms with Gasteiger partial charge in [-0.15, -0.1) is 0 Å². The molecule has 0 bridgehead atoms. The molecule has 0 spiro atoms. The summed E-state index contributed by atoms with van der Waals surface area (Å²) in [4.78, 5) is 32.8. The van der Waals surface area contributed by atoms with Crippen molar-refractivity contribution in [2.24, 2.45) is 5.73 Å². The van der Waals surface area contributed by atoms with Crippen molar-refractivity contribution in [3.8, 4) is 0 Å². The molecule has 1 saturated heterocycles. The van der Waals surface area contributed by atoms with E-state index in [-0.39, 0.29) is 12.8 Å². The van der Waals surface area contributed by atoms with E-state index in [1.165, 1.54) is 5.01 Å². The molecule has 8 nitrogen and oxygen atoms in total. The second kappa shape index (κ2) is 6.31.